The fourth-order valence-corrected chi connectivity index (χ4v) is 1.37. The predicted octanol–water partition coefficient (Wildman–Crippen LogP) is 2.64. The number of carbonyl (C=O) groups is 1. The van der Waals surface area contributed by atoms with Crippen LogP contribution in [0.5, 0.6) is 5.75 Å². The normalized spacial score (nSPS) is 12.1. The van der Waals surface area contributed by atoms with Gasteiger partial charge in [0.05, 0.1) is 0 Å². The summed E-state index contributed by atoms with van der Waals surface area (Å²) in [6.45, 7) is 5.26. The molecule has 0 amide bonds. The zero-order valence-electron chi connectivity index (χ0n) is 8.23. The maximum absolute atomic E-state index is 11.0. The Morgan fingerprint density at radius 3 is 2.50 bits per heavy atom. The van der Waals surface area contributed by atoms with Crippen LogP contribution >= 0.6 is 0 Å². The second-order valence-corrected chi connectivity index (χ2v) is 3.34. The molecule has 0 spiro atoms. The van der Waals surface area contributed by atoms with Crippen LogP contribution in [-0.4, -0.2) is 10.9 Å². The van der Waals surface area contributed by atoms with Gasteiger partial charge in [-0.15, -0.1) is 6.58 Å². The van der Waals surface area contributed by atoms with E-state index in [1.807, 2.05) is 12.1 Å². The molecular formula is C12H14O2. The Morgan fingerprint density at radius 1 is 1.50 bits per heavy atom. The average molecular weight is 190 g/mol. The SMILES string of the molecule is C=C[C@H](CC(C)=O)c1ccc(O)cc1. The first kappa shape index (κ1) is 10.5. The van der Waals surface area contributed by atoms with E-state index in [0.717, 1.165) is 5.56 Å². The standard InChI is InChI=1S/C12H14O2/c1-3-10(8-9(2)13)11-4-6-12(14)7-5-11/h3-7,10,14H,1,8H2,2H3/t10-/m1/s1. The average Bonchev–Trinajstić information content (AvgIpc) is 2.15. The number of phenolic OH excluding ortho intramolecular Hbond substituents is 1. The number of ketones is 1. The number of carbonyl (C=O) groups excluding carboxylic acids is 1. The molecule has 14 heavy (non-hydrogen) atoms. The molecule has 0 saturated heterocycles. The molecule has 0 bridgehead atoms. The number of hydrogen-bond acceptors (Lipinski definition) is 2. The maximum atomic E-state index is 11.0. The number of benzene rings is 1. The Bertz CT molecular complexity index is 325. The molecule has 1 N–H and O–H groups in total. The van der Waals surface area contributed by atoms with Crippen LogP contribution in [0.4, 0.5) is 0 Å². The van der Waals surface area contributed by atoms with Gasteiger partial charge < -0.3 is 5.11 Å². The summed E-state index contributed by atoms with van der Waals surface area (Å²) in [6.07, 6.45) is 2.22. The van der Waals surface area contributed by atoms with Gasteiger partial charge in [-0.1, -0.05) is 18.2 Å². The Hall–Kier alpha value is -1.57. The summed E-state index contributed by atoms with van der Waals surface area (Å²) in [5.41, 5.74) is 1.01. The molecule has 0 aliphatic rings. The van der Waals surface area contributed by atoms with E-state index in [1.54, 1.807) is 25.1 Å². The molecule has 0 radical (unpaired) electrons. The lowest BCUT2D eigenvalue weighted by molar-refractivity contribution is -0.117. The van der Waals surface area contributed by atoms with Crippen LogP contribution in [0.2, 0.25) is 0 Å². The van der Waals surface area contributed by atoms with Crippen LogP contribution in [0.25, 0.3) is 0 Å². The monoisotopic (exact) mass is 190 g/mol. The molecule has 1 aromatic rings. The minimum atomic E-state index is 0.0492. The number of rotatable bonds is 4. The van der Waals surface area contributed by atoms with Gasteiger partial charge in [0.1, 0.15) is 11.5 Å². The highest BCUT2D eigenvalue weighted by Crippen LogP contribution is 2.22. The smallest absolute Gasteiger partial charge is 0.130 e. The van der Waals surface area contributed by atoms with Gasteiger partial charge in [0.2, 0.25) is 0 Å². The van der Waals surface area contributed by atoms with Crippen LogP contribution in [-0.2, 0) is 4.79 Å². The van der Waals surface area contributed by atoms with Gasteiger partial charge in [-0.25, -0.2) is 0 Å². The van der Waals surface area contributed by atoms with Gasteiger partial charge in [0.15, 0.2) is 0 Å². The summed E-state index contributed by atoms with van der Waals surface area (Å²) in [7, 11) is 0. The van der Waals surface area contributed by atoms with E-state index < -0.39 is 0 Å². The first-order valence-corrected chi connectivity index (χ1v) is 4.54. The molecule has 1 aromatic carbocycles. The van der Waals surface area contributed by atoms with Gasteiger partial charge in [-0.3, -0.25) is 4.79 Å². The van der Waals surface area contributed by atoms with Gasteiger partial charge in [-0.05, 0) is 24.6 Å². The molecule has 1 rings (SSSR count). The van der Waals surface area contributed by atoms with E-state index in [0.29, 0.717) is 6.42 Å². The molecule has 0 aliphatic carbocycles. The summed E-state index contributed by atoms with van der Waals surface area (Å²) in [5, 5.41) is 9.10. The van der Waals surface area contributed by atoms with E-state index in [2.05, 4.69) is 6.58 Å². The van der Waals surface area contributed by atoms with Crippen molar-refractivity contribution in [2.45, 2.75) is 19.3 Å². The largest absolute Gasteiger partial charge is 0.508 e. The molecule has 2 heteroatoms. The molecule has 0 heterocycles. The number of aromatic hydroxyl groups is 1. The lowest BCUT2D eigenvalue weighted by Crippen LogP contribution is -2.00. The van der Waals surface area contributed by atoms with Crippen LogP contribution in [0.15, 0.2) is 36.9 Å². The number of hydrogen-bond donors (Lipinski definition) is 1. The van der Waals surface area contributed by atoms with E-state index in [4.69, 9.17) is 5.11 Å². The molecule has 0 aromatic heterocycles. The molecular weight excluding hydrogens is 176 g/mol. The van der Waals surface area contributed by atoms with E-state index >= 15 is 0 Å². The minimum Gasteiger partial charge on any atom is -0.508 e. The Kier molecular flexibility index (Phi) is 3.46. The molecule has 0 saturated carbocycles. The van der Waals surface area contributed by atoms with Crippen LogP contribution in [0, 0.1) is 0 Å². The topological polar surface area (TPSA) is 37.3 Å². The lowest BCUT2D eigenvalue weighted by Gasteiger charge is -2.10. The number of Topliss-reactive ketones (excluding diaryl/α,β-unsaturated/α-hetero) is 1. The van der Waals surface area contributed by atoms with Crippen LogP contribution in [0.3, 0.4) is 0 Å². The zero-order valence-corrected chi connectivity index (χ0v) is 8.23. The Balaban J connectivity index is 2.84. The number of phenols is 1. The maximum Gasteiger partial charge on any atom is 0.130 e. The molecule has 0 aliphatic heterocycles. The molecule has 1 atom stereocenters. The molecule has 2 nitrogen and oxygen atoms in total. The lowest BCUT2D eigenvalue weighted by atomic mass is 9.94. The van der Waals surface area contributed by atoms with Crippen LogP contribution in [0.1, 0.15) is 24.8 Å². The van der Waals surface area contributed by atoms with Gasteiger partial charge >= 0.3 is 0 Å². The predicted molar refractivity (Wildman–Crippen MR) is 56.3 cm³/mol. The van der Waals surface area contributed by atoms with Crippen molar-refractivity contribution < 1.29 is 9.90 Å². The van der Waals surface area contributed by atoms with Gasteiger partial charge in [-0.2, -0.15) is 0 Å². The Labute approximate surface area is 83.9 Å². The second-order valence-electron chi connectivity index (χ2n) is 3.34. The van der Waals surface area contributed by atoms with Gasteiger partial charge in [0, 0.05) is 12.3 Å². The first-order chi connectivity index (χ1) is 6.63. The van der Waals surface area contributed by atoms with E-state index in [9.17, 15) is 4.79 Å². The highest BCUT2D eigenvalue weighted by atomic mass is 16.3. The van der Waals surface area contributed by atoms with Crippen molar-refractivity contribution in [2.24, 2.45) is 0 Å². The zero-order chi connectivity index (χ0) is 10.6. The Morgan fingerprint density at radius 2 is 2.07 bits per heavy atom. The quantitative estimate of drug-likeness (QED) is 0.741. The van der Waals surface area contributed by atoms with Crippen molar-refractivity contribution in [3.05, 3.63) is 42.5 Å². The third kappa shape index (κ3) is 2.73. The van der Waals surface area contributed by atoms with E-state index in [1.165, 1.54) is 0 Å². The summed E-state index contributed by atoms with van der Waals surface area (Å²) < 4.78 is 0. The van der Waals surface area contributed by atoms with Crippen molar-refractivity contribution in [3.8, 4) is 5.75 Å². The highest BCUT2D eigenvalue weighted by molar-refractivity contribution is 5.76. The minimum absolute atomic E-state index is 0.0492. The van der Waals surface area contributed by atoms with Crippen molar-refractivity contribution in [2.75, 3.05) is 0 Å². The summed E-state index contributed by atoms with van der Waals surface area (Å²) >= 11 is 0. The summed E-state index contributed by atoms with van der Waals surface area (Å²) in [5.74, 6) is 0.426. The van der Waals surface area contributed by atoms with Gasteiger partial charge in [0.25, 0.3) is 0 Å². The van der Waals surface area contributed by atoms with Crippen molar-refractivity contribution in [1.82, 2.24) is 0 Å². The second kappa shape index (κ2) is 4.61. The fraction of sp³-hybridized carbons (Fsp3) is 0.250. The molecule has 0 unspecified atom stereocenters. The first-order valence-electron chi connectivity index (χ1n) is 4.54. The molecule has 74 valence electrons. The van der Waals surface area contributed by atoms with Crippen molar-refractivity contribution in [1.29, 1.82) is 0 Å². The van der Waals surface area contributed by atoms with Crippen molar-refractivity contribution in [3.63, 3.8) is 0 Å². The van der Waals surface area contributed by atoms with Crippen molar-refractivity contribution >= 4 is 5.78 Å². The summed E-state index contributed by atoms with van der Waals surface area (Å²) in [4.78, 5) is 11.0. The summed E-state index contributed by atoms with van der Waals surface area (Å²) in [6, 6.07) is 6.85. The highest BCUT2D eigenvalue weighted by Gasteiger charge is 2.09. The third-order valence-electron chi connectivity index (χ3n) is 2.11. The third-order valence-corrected chi connectivity index (χ3v) is 2.11. The molecule has 0 fully saturated rings. The van der Waals surface area contributed by atoms with E-state index in [-0.39, 0.29) is 17.5 Å². The number of allylic oxidation sites excluding steroid dienone is 1. The van der Waals surface area contributed by atoms with Crippen LogP contribution < -0.4 is 0 Å². The fourth-order valence-electron chi connectivity index (χ4n) is 1.37.